The fourth-order valence-corrected chi connectivity index (χ4v) is 4.23. The summed E-state index contributed by atoms with van der Waals surface area (Å²) in [5, 5.41) is 16.2. The molecule has 0 radical (unpaired) electrons. The number of hydrogen-bond donors (Lipinski definition) is 5. The van der Waals surface area contributed by atoms with Gasteiger partial charge in [-0.15, -0.1) is 5.10 Å². The minimum Gasteiger partial charge on any atom is -0.361 e. The summed E-state index contributed by atoms with van der Waals surface area (Å²) in [4.78, 5) is 44.9. The van der Waals surface area contributed by atoms with Gasteiger partial charge in [0.1, 0.15) is 11.9 Å². The van der Waals surface area contributed by atoms with Crippen molar-refractivity contribution in [3.63, 3.8) is 0 Å². The number of aromatic nitrogens is 4. The zero-order valence-corrected chi connectivity index (χ0v) is 18.9. The Hall–Kier alpha value is -4.47. The van der Waals surface area contributed by atoms with Gasteiger partial charge in [-0.1, -0.05) is 30.3 Å². The monoisotopic (exact) mass is 471 g/mol. The normalized spacial score (nSPS) is 15.3. The van der Waals surface area contributed by atoms with Crippen LogP contribution in [0.1, 0.15) is 41.0 Å². The maximum atomic E-state index is 12.5. The Kier molecular flexibility index (Phi) is 6.25. The van der Waals surface area contributed by atoms with Gasteiger partial charge in [0.25, 0.3) is 5.91 Å². The molecule has 0 aliphatic carbocycles. The predicted octanol–water partition coefficient (Wildman–Crippen LogP) is 2.93. The summed E-state index contributed by atoms with van der Waals surface area (Å²) in [6.45, 7) is 0. The molecule has 0 unspecified atom stereocenters. The Bertz CT molecular complexity index is 1390. The molecule has 10 heteroatoms. The van der Waals surface area contributed by atoms with E-state index in [9.17, 15) is 14.4 Å². The van der Waals surface area contributed by atoms with Gasteiger partial charge >= 0.3 is 0 Å². The molecule has 1 atom stereocenters. The van der Waals surface area contributed by atoms with Gasteiger partial charge in [0.15, 0.2) is 0 Å². The Morgan fingerprint density at radius 1 is 1.03 bits per heavy atom. The number of nitrogens with one attached hydrogen (secondary N) is 5. The van der Waals surface area contributed by atoms with Crippen molar-refractivity contribution >= 4 is 40.3 Å². The van der Waals surface area contributed by atoms with E-state index in [1.54, 1.807) is 24.3 Å². The molecule has 0 spiro atoms. The third-order valence-corrected chi connectivity index (χ3v) is 6.03. The third-order valence-electron chi connectivity index (χ3n) is 6.03. The number of aryl methyl sites for hydroxylation is 2. The van der Waals surface area contributed by atoms with E-state index in [2.05, 4.69) is 48.2 Å². The molecule has 5 N–H and O–H groups in total. The number of hydrogen-bond acceptors (Lipinski definition) is 5. The van der Waals surface area contributed by atoms with Crippen molar-refractivity contribution in [2.45, 2.75) is 38.1 Å². The molecule has 0 bridgehead atoms. The maximum Gasteiger partial charge on any atom is 0.254 e. The van der Waals surface area contributed by atoms with Gasteiger partial charge in [-0.05, 0) is 43.0 Å². The van der Waals surface area contributed by atoms with Crippen molar-refractivity contribution < 1.29 is 14.4 Å². The second-order valence-corrected chi connectivity index (χ2v) is 8.47. The topological polar surface area (TPSA) is 145 Å². The van der Waals surface area contributed by atoms with Gasteiger partial charge in [-0.25, -0.2) is 0 Å². The van der Waals surface area contributed by atoms with Crippen LogP contribution in [0, 0.1) is 0 Å². The van der Waals surface area contributed by atoms with Gasteiger partial charge in [-0.2, -0.15) is 4.98 Å². The van der Waals surface area contributed by atoms with Crippen LogP contribution in [0.3, 0.4) is 0 Å². The van der Waals surface area contributed by atoms with E-state index in [0.29, 0.717) is 23.5 Å². The first-order valence-electron chi connectivity index (χ1n) is 11.5. The second-order valence-electron chi connectivity index (χ2n) is 8.47. The number of para-hydroxylation sites is 2. The van der Waals surface area contributed by atoms with Crippen LogP contribution in [0.2, 0.25) is 0 Å². The molecule has 2 aromatic heterocycles. The van der Waals surface area contributed by atoms with Gasteiger partial charge in [0, 0.05) is 29.9 Å². The molecule has 1 aliphatic heterocycles. The standard InChI is InChI=1S/C25H25N7O3/c33-22(13-12-20-24(35)27-19-10-4-2-8-17(19)23(34)28-20)30-25-29-21(31-32-25)11-5-6-15-14-26-18-9-3-1-7-16(15)18/h1-4,7-10,14,20,26H,5-6,11-13H2,(H,27,35)(H,28,34)(H2,29,30,31,32,33)/t20-/m0/s1. The fraction of sp³-hybridized carbons (Fsp3) is 0.240. The number of carbonyl (C=O) groups is 3. The van der Waals surface area contributed by atoms with Crippen LogP contribution in [-0.2, 0) is 22.4 Å². The molecular weight excluding hydrogens is 446 g/mol. The Labute approximate surface area is 200 Å². The zero-order valence-electron chi connectivity index (χ0n) is 18.9. The molecule has 0 saturated carbocycles. The zero-order chi connectivity index (χ0) is 24.2. The number of H-pyrrole nitrogens is 2. The summed E-state index contributed by atoms with van der Waals surface area (Å²) >= 11 is 0. The number of aromatic amines is 2. The first-order valence-corrected chi connectivity index (χ1v) is 11.5. The molecule has 1 aliphatic rings. The Balaban J connectivity index is 1.09. The Morgan fingerprint density at radius 2 is 1.86 bits per heavy atom. The summed E-state index contributed by atoms with van der Waals surface area (Å²) in [7, 11) is 0. The highest BCUT2D eigenvalue weighted by molar-refractivity contribution is 6.09. The van der Waals surface area contributed by atoms with Crippen LogP contribution in [-0.4, -0.2) is 43.9 Å². The summed E-state index contributed by atoms with van der Waals surface area (Å²) < 4.78 is 0. The van der Waals surface area contributed by atoms with Gasteiger partial charge in [-0.3, -0.25) is 24.8 Å². The molecule has 5 rings (SSSR count). The van der Waals surface area contributed by atoms with Crippen LogP contribution in [0.5, 0.6) is 0 Å². The molecule has 3 heterocycles. The van der Waals surface area contributed by atoms with Crippen molar-refractivity contribution in [2.24, 2.45) is 0 Å². The lowest BCUT2D eigenvalue weighted by Crippen LogP contribution is -2.41. The first-order chi connectivity index (χ1) is 17.1. The van der Waals surface area contributed by atoms with Gasteiger partial charge in [0.2, 0.25) is 17.8 Å². The third kappa shape index (κ3) is 5.06. The highest BCUT2D eigenvalue weighted by Crippen LogP contribution is 2.20. The van der Waals surface area contributed by atoms with Crippen LogP contribution in [0.15, 0.2) is 54.7 Å². The fourth-order valence-electron chi connectivity index (χ4n) is 4.23. The number of nitrogens with zero attached hydrogens (tertiary/aromatic N) is 2. The average molecular weight is 472 g/mol. The summed E-state index contributed by atoms with van der Waals surface area (Å²) in [5.41, 5.74) is 3.23. The van der Waals surface area contributed by atoms with Gasteiger partial charge < -0.3 is 15.6 Å². The minimum absolute atomic E-state index is 0.0269. The summed E-state index contributed by atoms with van der Waals surface area (Å²) in [5.74, 6) is -0.160. The van der Waals surface area contributed by atoms with Gasteiger partial charge in [0.05, 0.1) is 11.3 Å². The van der Waals surface area contributed by atoms with E-state index in [1.165, 1.54) is 10.9 Å². The largest absolute Gasteiger partial charge is 0.361 e. The SMILES string of the molecule is O=C(CC[C@@H]1NC(=O)c2ccccc2NC1=O)Nc1n[nH]c(CCCc2c[nH]c3ccccc23)n1. The van der Waals surface area contributed by atoms with Crippen molar-refractivity contribution in [3.05, 3.63) is 71.7 Å². The van der Waals surface area contributed by atoms with Crippen molar-refractivity contribution in [3.8, 4) is 0 Å². The van der Waals surface area contributed by atoms with Crippen LogP contribution in [0.25, 0.3) is 10.9 Å². The number of rotatable bonds is 8. The van der Waals surface area contributed by atoms with Crippen molar-refractivity contribution in [1.82, 2.24) is 25.5 Å². The maximum absolute atomic E-state index is 12.5. The summed E-state index contributed by atoms with van der Waals surface area (Å²) in [6.07, 6.45) is 4.68. The van der Waals surface area contributed by atoms with Crippen LogP contribution >= 0.6 is 0 Å². The highest BCUT2D eigenvalue weighted by Gasteiger charge is 2.28. The lowest BCUT2D eigenvalue weighted by molar-refractivity contribution is -0.118. The highest BCUT2D eigenvalue weighted by atomic mass is 16.2. The number of benzene rings is 2. The molecule has 35 heavy (non-hydrogen) atoms. The number of anilines is 2. The van der Waals surface area contributed by atoms with E-state index in [-0.39, 0.29) is 36.5 Å². The van der Waals surface area contributed by atoms with Crippen molar-refractivity contribution in [2.75, 3.05) is 10.6 Å². The summed E-state index contributed by atoms with van der Waals surface area (Å²) in [6, 6.07) is 14.2. The van der Waals surface area contributed by atoms with E-state index in [1.807, 2.05) is 18.3 Å². The smallest absolute Gasteiger partial charge is 0.254 e. The molecule has 4 aromatic rings. The quantitative estimate of drug-likeness (QED) is 0.268. The average Bonchev–Trinajstić information content (AvgIpc) is 3.46. The van der Waals surface area contributed by atoms with E-state index in [4.69, 9.17) is 0 Å². The molecule has 3 amide bonds. The van der Waals surface area contributed by atoms with E-state index < -0.39 is 6.04 Å². The molecule has 178 valence electrons. The van der Waals surface area contributed by atoms with Crippen LogP contribution < -0.4 is 16.0 Å². The molecule has 0 saturated heterocycles. The number of amides is 3. The van der Waals surface area contributed by atoms with E-state index >= 15 is 0 Å². The number of fused-ring (bicyclic) bond motifs is 2. The van der Waals surface area contributed by atoms with E-state index in [0.717, 1.165) is 18.4 Å². The lowest BCUT2D eigenvalue weighted by Gasteiger charge is -2.13. The number of carbonyl (C=O) groups excluding carboxylic acids is 3. The Morgan fingerprint density at radius 3 is 2.77 bits per heavy atom. The molecular formula is C25H25N7O3. The second kappa shape index (κ2) is 9.80. The molecule has 0 fully saturated rings. The first kappa shape index (κ1) is 22.3. The lowest BCUT2D eigenvalue weighted by atomic mass is 10.1. The predicted molar refractivity (Wildman–Crippen MR) is 131 cm³/mol. The van der Waals surface area contributed by atoms with Crippen LogP contribution in [0.4, 0.5) is 11.6 Å². The minimum atomic E-state index is -0.812. The molecule has 2 aromatic carbocycles. The van der Waals surface area contributed by atoms with Crippen molar-refractivity contribution in [1.29, 1.82) is 0 Å². The molecule has 10 nitrogen and oxygen atoms in total.